The lowest BCUT2D eigenvalue weighted by Gasteiger charge is -2.22. The number of hydrogen-bond donors (Lipinski definition) is 1. The minimum absolute atomic E-state index is 0.133. The van der Waals surface area contributed by atoms with E-state index in [1.807, 2.05) is 24.5 Å². The molecule has 0 aliphatic heterocycles. The van der Waals surface area contributed by atoms with Crippen LogP contribution in [0, 0.1) is 5.82 Å². The highest BCUT2D eigenvalue weighted by molar-refractivity contribution is 9.10. The molecule has 0 saturated heterocycles. The molecule has 0 fully saturated rings. The zero-order chi connectivity index (χ0) is 15.2. The second-order valence-corrected chi connectivity index (χ2v) is 6.56. The third-order valence-corrected chi connectivity index (χ3v) is 4.62. The number of halogens is 2. The minimum Gasteiger partial charge on any atom is -0.306 e. The lowest BCUT2D eigenvalue weighted by Crippen LogP contribution is -2.24. The van der Waals surface area contributed by atoms with E-state index in [2.05, 4.69) is 40.3 Å². The van der Waals surface area contributed by atoms with Crippen LogP contribution in [0.4, 0.5) is 4.39 Å². The molecule has 0 aliphatic rings. The lowest BCUT2D eigenvalue weighted by atomic mass is 9.98. The summed E-state index contributed by atoms with van der Waals surface area (Å²) in [5.74, 6) is -0.178. The van der Waals surface area contributed by atoms with Crippen molar-refractivity contribution in [3.63, 3.8) is 0 Å². The van der Waals surface area contributed by atoms with Gasteiger partial charge in [-0.3, -0.25) is 0 Å². The largest absolute Gasteiger partial charge is 0.306 e. The lowest BCUT2D eigenvalue weighted by molar-refractivity contribution is 0.542. The van der Waals surface area contributed by atoms with Gasteiger partial charge in [-0.2, -0.15) is 0 Å². The second-order valence-electron chi connectivity index (χ2n) is 4.79. The fourth-order valence-electron chi connectivity index (χ4n) is 2.32. The first-order valence-corrected chi connectivity index (χ1v) is 9.00. The molecule has 1 unspecified atom stereocenters. The summed E-state index contributed by atoms with van der Waals surface area (Å²) >= 11 is 5.13. The Bertz CT molecular complexity index is 603. The van der Waals surface area contributed by atoms with E-state index in [1.165, 1.54) is 11.0 Å². The first-order chi connectivity index (χ1) is 10.2. The van der Waals surface area contributed by atoms with E-state index < -0.39 is 0 Å². The van der Waals surface area contributed by atoms with Crippen LogP contribution in [0.5, 0.6) is 0 Å². The molecule has 0 heterocycles. The molecular weight excluding hydrogens is 349 g/mol. The fourth-order valence-corrected chi connectivity index (χ4v) is 3.33. The van der Waals surface area contributed by atoms with Gasteiger partial charge in [0.15, 0.2) is 0 Å². The summed E-state index contributed by atoms with van der Waals surface area (Å²) in [5, 5.41) is 3.47. The van der Waals surface area contributed by atoms with Crippen LogP contribution in [-0.4, -0.2) is 12.8 Å². The van der Waals surface area contributed by atoms with Crippen LogP contribution in [0.1, 0.15) is 30.5 Å². The Kier molecular flexibility index (Phi) is 6.27. The van der Waals surface area contributed by atoms with Crippen molar-refractivity contribution in [2.75, 3.05) is 12.8 Å². The molecule has 0 saturated carbocycles. The van der Waals surface area contributed by atoms with Gasteiger partial charge in [0.1, 0.15) is 5.82 Å². The standard InChI is InChI=1S/C17H19BrFNS/c1-3-10-20-17(13-6-4-5-7-16(13)21-2)14-11-12(18)8-9-15(14)19/h4-9,11,17,20H,3,10H2,1-2H3. The van der Waals surface area contributed by atoms with Crippen LogP contribution in [0.25, 0.3) is 0 Å². The van der Waals surface area contributed by atoms with Gasteiger partial charge in [-0.25, -0.2) is 4.39 Å². The van der Waals surface area contributed by atoms with Crippen LogP contribution in [0.15, 0.2) is 51.8 Å². The number of thioether (sulfide) groups is 1. The third kappa shape index (κ3) is 4.09. The molecule has 0 aliphatic carbocycles. The zero-order valence-electron chi connectivity index (χ0n) is 12.2. The molecule has 4 heteroatoms. The smallest absolute Gasteiger partial charge is 0.128 e. The van der Waals surface area contributed by atoms with Crippen LogP contribution >= 0.6 is 27.7 Å². The predicted octanol–water partition coefficient (Wildman–Crippen LogP) is 5.40. The molecule has 2 aromatic rings. The normalized spacial score (nSPS) is 12.4. The molecule has 0 amide bonds. The van der Waals surface area contributed by atoms with E-state index >= 15 is 0 Å². The summed E-state index contributed by atoms with van der Waals surface area (Å²) in [6, 6.07) is 13.1. The highest BCUT2D eigenvalue weighted by Crippen LogP contribution is 2.32. The summed E-state index contributed by atoms with van der Waals surface area (Å²) < 4.78 is 15.2. The van der Waals surface area contributed by atoms with Crippen molar-refractivity contribution in [2.45, 2.75) is 24.3 Å². The van der Waals surface area contributed by atoms with E-state index in [-0.39, 0.29) is 11.9 Å². The molecular formula is C17H19BrFNS. The maximum absolute atomic E-state index is 14.3. The van der Waals surface area contributed by atoms with Crippen molar-refractivity contribution >= 4 is 27.7 Å². The van der Waals surface area contributed by atoms with E-state index in [9.17, 15) is 4.39 Å². The maximum atomic E-state index is 14.3. The first-order valence-electron chi connectivity index (χ1n) is 6.98. The molecule has 112 valence electrons. The Morgan fingerprint density at radius 3 is 2.67 bits per heavy atom. The quantitative estimate of drug-likeness (QED) is 0.686. The van der Waals surface area contributed by atoms with E-state index in [0.717, 1.165) is 23.0 Å². The summed E-state index contributed by atoms with van der Waals surface area (Å²) in [4.78, 5) is 1.17. The van der Waals surface area contributed by atoms with E-state index in [4.69, 9.17) is 0 Å². The van der Waals surface area contributed by atoms with Crippen LogP contribution in [0.2, 0.25) is 0 Å². The Hall–Kier alpha value is -0.840. The van der Waals surface area contributed by atoms with Crippen LogP contribution in [0.3, 0.4) is 0 Å². The van der Waals surface area contributed by atoms with Gasteiger partial charge in [0, 0.05) is 14.9 Å². The molecule has 0 bridgehead atoms. The molecule has 0 radical (unpaired) electrons. The van der Waals surface area contributed by atoms with Gasteiger partial charge in [0.05, 0.1) is 6.04 Å². The van der Waals surface area contributed by atoms with Gasteiger partial charge in [0.25, 0.3) is 0 Å². The van der Waals surface area contributed by atoms with Crippen molar-refractivity contribution in [1.29, 1.82) is 0 Å². The topological polar surface area (TPSA) is 12.0 Å². The van der Waals surface area contributed by atoms with Crippen molar-refractivity contribution < 1.29 is 4.39 Å². The minimum atomic E-state index is -0.178. The maximum Gasteiger partial charge on any atom is 0.128 e. The number of benzene rings is 2. The van der Waals surface area contributed by atoms with Crippen LogP contribution < -0.4 is 5.32 Å². The second kappa shape index (κ2) is 7.97. The first kappa shape index (κ1) is 16.5. The average Bonchev–Trinajstić information content (AvgIpc) is 2.51. The monoisotopic (exact) mass is 367 g/mol. The molecule has 1 nitrogen and oxygen atoms in total. The molecule has 2 aromatic carbocycles. The Labute approximate surface area is 138 Å². The van der Waals surface area contributed by atoms with Crippen molar-refractivity contribution in [2.24, 2.45) is 0 Å². The van der Waals surface area contributed by atoms with Gasteiger partial charge in [-0.1, -0.05) is 41.1 Å². The summed E-state index contributed by atoms with van der Waals surface area (Å²) in [6.07, 6.45) is 3.06. The van der Waals surface area contributed by atoms with Gasteiger partial charge >= 0.3 is 0 Å². The van der Waals surface area contributed by atoms with Crippen molar-refractivity contribution in [3.8, 4) is 0 Å². The van der Waals surface area contributed by atoms with Gasteiger partial charge < -0.3 is 5.32 Å². The number of rotatable bonds is 6. The predicted molar refractivity (Wildman–Crippen MR) is 92.5 cm³/mol. The van der Waals surface area contributed by atoms with Gasteiger partial charge in [-0.15, -0.1) is 11.8 Å². The van der Waals surface area contributed by atoms with E-state index in [1.54, 1.807) is 17.8 Å². The Morgan fingerprint density at radius 2 is 1.95 bits per heavy atom. The SMILES string of the molecule is CCCNC(c1cc(Br)ccc1F)c1ccccc1SC. The van der Waals surface area contributed by atoms with Crippen LogP contribution in [-0.2, 0) is 0 Å². The van der Waals surface area contributed by atoms with Crippen molar-refractivity contribution in [3.05, 3.63) is 63.9 Å². The highest BCUT2D eigenvalue weighted by atomic mass is 79.9. The molecule has 2 rings (SSSR count). The number of hydrogen-bond acceptors (Lipinski definition) is 2. The number of nitrogens with one attached hydrogen (secondary N) is 1. The fraction of sp³-hybridized carbons (Fsp3) is 0.294. The van der Waals surface area contributed by atoms with Gasteiger partial charge in [-0.05, 0) is 49.1 Å². The summed E-state index contributed by atoms with van der Waals surface area (Å²) in [6.45, 7) is 2.96. The Morgan fingerprint density at radius 1 is 1.19 bits per heavy atom. The zero-order valence-corrected chi connectivity index (χ0v) is 14.6. The summed E-state index contributed by atoms with van der Waals surface area (Å²) in [7, 11) is 0. The van der Waals surface area contributed by atoms with E-state index in [0.29, 0.717) is 5.56 Å². The third-order valence-electron chi connectivity index (χ3n) is 3.32. The van der Waals surface area contributed by atoms with Crippen molar-refractivity contribution in [1.82, 2.24) is 5.32 Å². The molecule has 21 heavy (non-hydrogen) atoms. The highest BCUT2D eigenvalue weighted by Gasteiger charge is 2.20. The Balaban J connectivity index is 2.49. The average molecular weight is 368 g/mol. The molecule has 0 aromatic heterocycles. The summed E-state index contributed by atoms with van der Waals surface area (Å²) in [5.41, 5.74) is 1.80. The van der Waals surface area contributed by atoms with Gasteiger partial charge in [0.2, 0.25) is 0 Å². The molecule has 0 spiro atoms. The molecule has 1 N–H and O–H groups in total. The molecule has 1 atom stereocenters.